The number of hydrogen-bond donors (Lipinski definition) is 1. The summed E-state index contributed by atoms with van der Waals surface area (Å²) in [6.07, 6.45) is 3.71. The average Bonchev–Trinajstić information content (AvgIpc) is 2.02. The molecule has 0 aromatic carbocycles. The molecule has 6 heteroatoms. The molecule has 0 heterocycles. The second-order valence-electron chi connectivity index (χ2n) is 2.46. The molecule has 0 saturated heterocycles. The first kappa shape index (κ1) is 19.0. The summed E-state index contributed by atoms with van der Waals surface area (Å²) in [5.74, 6) is 0. The van der Waals surface area contributed by atoms with Crippen LogP contribution in [0.2, 0.25) is 0 Å². The van der Waals surface area contributed by atoms with E-state index in [4.69, 9.17) is 0 Å². The maximum absolute atomic E-state index is 9.67. The van der Waals surface area contributed by atoms with E-state index in [1.165, 1.54) is 19.3 Å². The van der Waals surface area contributed by atoms with E-state index in [2.05, 4.69) is 36.7 Å². The molecule has 0 rings (SSSR count). The van der Waals surface area contributed by atoms with Crippen LogP contribution < -0.4 is 6.15 Å². The molecule has 0 saturated carbocycles. The molecule has 0 spiro atoms. The molecular formula is C7H18BBrF3N. The van der Waals surface area contributed by atoms with Gasteiger partial charge in [-0.2, -0.15) is 0 Å². The highest BCUT2D eigenvalue weighted by atomic mass is 79.9. The first-order chi connectivity index (χ1) is 5.41. The summed E-state index contributed by atoms with van der Waals surface area (Å²) in [5, 5.41) is 0. The van der Waals surface area contributed by atoms with Gasteiger partial charge >= 0.3 is 7.54 Å². The van der Waals surface area contributed by atoms with Gasteiger partial charge in [-0.1, -0.05) is 36.7 Å². The normalized spacial score (nSPS) is 9.46. The Hall–Kier alpha value is 0.295. The van der Waals surface area contributed by atoms with Gasteiger partial charge in [-0.25, -0.2) is 0 Å². The van der Waals surface area contributed by atoms with Crippen LogP contribution in [0.15, 0.2) is 0 Å². The van der Waals surface area contributed by atoms with E-state index in [1.54, 1.807) is 0 Å². The van der Waals surface area contributed by atoms with Gasteiger partial charge < -0.3 is 6.15 Å². The van der Waals surface area contributed by atoms with Gasteiger partial charge in [-0.3, -0.25) is 12.9 Å². The van der Waals surface area contributed by atoms with Crippen molar-refractivity contribution in [2.75, 3.05) is 0 Å². The maximum atomic E-state index is 9.67. The maximum Gasteiger partial charge on any atom is 0.762 e. The molecule has 0 amide bonds. The Morgan fingerprint density at radius 1 is 1.00 bits per heavy atom. The van der Waals surface area contributed by atoms with Crippen molar-refractivity contribution in [1.29, 1.82) is 0 Å². The second-order valence-corrected chi connectivity index (χ2v) is 4.14. The molecule has 0 radical (unpaired) electrons. The van der Waals surface area contributed by atoms with Crippen LogP contribution in [0.25, 0.3) is 0 Å². The summed E-state index contributed by atoms with van der Waals surface area (Å²) in [6, 6.07) is 0. The molecule has 0 unspecified atom stereocenters. The molecule has 0 aliphatic rings. The minimum absolute atomic E-state index is 0. The molecule has 1 nitrogen and oxygen atoms in total. The number of alkyl halides is 1. The van der Waals surface area contributed by atoms with Crippen molar-refractivity contribution in [3.63, 3.8) is 0 Å². The zero-order chi connectivity index (χ0) is 10.2. The second kappa shape index (κ2) is 10.4. The largest absolute Gasteiger partial charge is 0.762 e. The molecule has 0 bridgehead atoms. The van der Waals surface area contributed by atoms with Crippen LogP contribution in [0.4, 0.5) is 12.9 Å². The minimum Gasteiger partial charge on any atom is -0.344 e. The Bertz CT molecular complexity index is 90.7. The number of hydrogen-bond acceptors (Lipinski definition) is 1. The van der Waals surface area contributed by atoms with Crippen LogP contribution >= 0.6 is 15.9 Å². The monoisotopic (exact) mass is 263 g/mol. The summed E-state index contributed by atoms with van der Waals surface area (Å²) in [6.45, 7) is 6.67. The predicted octanol–water partition coefficient (Wildman–Crippen LogP) is 4.39. The molecular weight excluding hydrogens is 246 g/mol. The molecule has 0 aliphatic carbocycles. The Kier molecular flexibility index (Phi) is 15.1. The fourth-order valence-electron chi connectivity index (χ4n) is 0.750. The third-order valence-electron chi connectivity index (χ3n) is 1.90. The van der Waals surface area contributed by atoms with E-state index < -0.39 is 7.54 Å². The lowest BCUT2D eigenvalue weighted by molar-refractivity contribution is 0.535. The van der Waals surface area contributed by atoms with Crippen LogP contribution in [-0.2, 0) is 0 Å². The van der Waals surface area contributed by atoms with Crippen LogP contribution in [0.1, 0.15) is 40.0 Å². The Morgan fingerprint density at radius 2 is 1.15 bits per heavy atom. The van der Waals surface area contributed by atoms with E-state index in [0.717, 1.165) is 0 Å². The molecule has 0 aliphatic heterocycles. The first-order valence-electron chi connectivity index (χ1n) is 4.03. The Labute approximate surface area is 87.4 Å². The zero-order valence-corrected chi connectivity index (χ0v) is 10.0. The van der Waals surface area contributed by atoms with Crippen molar-refractivity contribution in [1.82, 2.24) is 6.15 Å². The number of halogens is 4. The van der Waals surface area contributed by atoms with E-state index in [1.807, 2.05) is 0 Å². The van der Waals surface area contributed by atoms with Gasteiger partial charge in [0.25, 0.3) is 0 Å². The third kappa shape index (κ3) is 15.1. The lowest BCUT2D eigenvalue weighted by Gasteiger charge is -2.21. The molecule has 3 N–H and O–H groups in total. The molecule has 0 aromatic rings. The minimum atomic E-state index is -3.67. The van der Waals surface area contributed by atoms with E-state index in [0.29, 0.717) is 4.32 Å². The smallest absolute Gasteiger partial charge is 0.344 e. The summed E-state index contributed by atoms with van der Waals surface area (Å²) in [7, 11) is -3.67. The van der Waals surface area contributed by atoms with Crippen molar-refractivity contribution in [3.05, 3.63) is 0 Å². The Morgan fingerprint density at radius 3 is 1.15 bits per heavy atom. The summed E-state index contributed by atoms with van der Waals surface area (Å²) < 4.78 is 29.4. The fourth-order valence-corrected chi connectivity index (χ4v) is 0.750. The lowest BCUT2D eigenvalue weighted by atomic mass is 10.0. The fraction of sp³-hybridized carbons (Fsp3) is 1.00. The molecule has 0 fully saturated rings. The zero-order valence-electron chi connectivity index (χ0n) is 8.42. The van der Waals surface area contributed by atoms with Crippen LogP contribution in [0, 0.1) is 0 Å². The predicted molar refractivity (Wildman–Crippen MR) is 56.6 cm³/mol. The third-order valence-corrected chi connectivity index (χ3v) is 3.58. The van der Waals surface area contributed by atoms with Gasteiger partial charge in [0, 0.05) is 4.32 Å². The van der Waals surface area contributed by atoms with Gasteiger partial charge in [0.15, 0.2) is 0 Å². The lowest BCUT2D eigenvalue weighted by Crippen LogP contribution is -2.15. The van der Waals surface area contributed by atoms with E-state index >= 15 is 0 Å². The van der Waals surface area contributed by atoms with Gasteiger partial charge in [0.2, 0.25) is 0 Å². The summed E-state index contributed by atoms with van der Waals surface area (Å²) in [4.78, 5) is 0. The summed E-state index contributed by atoms with van der Waals surface area (Å²) >= 11 is 3.68. The first-order valence-corrected chi connectivity index (χ1v) is 4.82. The molecule has 13 heavy (non-hydrogen) atoms. The van der Waals surface area contributed by atoms with Crippen molar-refractivity contribution < 1.29 is 12.9 Å². The van der Waals surface area contributed by atoms with E-state index in [-0.39, 0.29) is 6.15 Å². The standard InChI is InChI=1S/C7H15Br.BF3.H3N/c1-4-7(8,5-2)6-3;2-1(3)4;/h4-6H2,1-3H3;;1H3. The van der Waals surface area contributed by atoms with Gasteiger partial charge in [-0.05, 0) is 19.3 Å². The van der Waals surface area contributed by atoms with Crippen molar-refractivity contribution >= 4 is 23.5 Å². The Balaban J connectivity index is -0.000000173. The molecule has 0 aromatic heterocycles. The quantitative estimate of drug-likeness (QED) is 0.595. The highest BCUT2D eigenvalue weighted by Gasteiger charge is 2.17. The van der Waals surface area contributed by atoms with Gasteiger partial charge in [0.05, 0.1) is 0 Å². The topological polar surface area (TPSA) is 35.0 Å². The van der Waals surface area contributed by atoms with Crippen LogP contribution in [-0.4, -0.2) is 11.9 Å². The van der Waals surface area contributed by atoms with Gasteiger partial charge in [-0.15, -0.1) is 0 Å². The number of rotatable bonds is 3. The van der Waals surface area contributed by atoms with Gasteiger partial charge in [0.1, 0.15) is 0 Å². The summed E-state index contributed by atoms with van der Waals surface area (Å²) in [5.41, 5.74) is 0. The highest BCUT2D eigenvalue weighted by Crippen LogP contribution is 2.29. The SMILES string of the molecule is CCC(Br)(CC)CC.FB(F)F.N. The molecule has 82 valence electrons. The molecule has 0 atom stereocenters. The highest BCUT2D eigenvalue weighted by molar-refractivity contribution is 9.10. The average molecular weight is 264 g/mol. The van der Waals surface area contributed by atoms with Crippen molar-refractivity contribution in [3.8, 4) is 0 Å². The van der Waals surface area contributed by atoms with E-state index in [9.17, 15) is 12.9 Å². The van der Waals surface area contributed by atoms with Crippen LogP contribution in [0.5, 0.6) is 0 Å². The van der Waals surface area contributed by atoms with Crippen LogP contribution in [0.3, 0.4) is 0 Å². The van der Waals surface area contributed by atoms with Crippen molar-refractivity contribution in [2.24, 2.45) is 0 Å². The van der Waals surface area contributed by atoms with Crippen molar-refractivity contribution in [2.45, 2.75) is 44.4 Å².